The van der Waals surface area contributed by atoms with Crippen molar-refractivity contribution < 1.29 is 9.59 Å². The SMILES string of the molecule is CC(=O)c1ccccc1NC(=O)CSc1nnnn1-c1ccccc1. The highest BCUT2D eigenvalue weighted by molar-refractivity contribution is 7.99. The summed E-state index contributed by atoms with van der Waals surface area (Å²) < 4.78 is 1.57. The number of nitrogens with one attached hydrogen (secondary N) is 1. The van der Waals surface area contributed by atoms with E-state index in [1.807, 2.05) is 30.3 Å². The van der Waals surface area contributed by atoms with Crippen LogP contribution in [0.3, 0.4) is 0 Å². The lowest BCUT2D eigenvalue weighted by atomic mass is 10.1. The van der Waals surface area contributed by atoms with E-state index in [0.717, 1.165) is 5.69 Å². The number of carbonyl (C=O) groups excluding carboxylic acids is 2. The van der Waals surface area contributed by atoms with Gasteiger partial charge in [0.1, 0.15) is 0 Å². The molecule has 25 heavy (non-hydrogen) atoms. The Bertz CT molecular complexity index is 895. The molecule has 1 N–H and O–H groups in total. The van der Waals surface area contributed by atoms with Crippen molar-refractivity contribution in [1.82, 2.24) is 20.2 Å². The zero-order valence-electron chi connectivity index (χ0n) is 13.4. The van der Waals surface area contributed by atoms with E-state index in [1.54, 1.807) is 28.9 Å². The van der Waals surface area contributed by atoms with E-state index < -0.39 is 0 Å². The normalized spacial score (nSPS) is 10.4. The van der Waals surface area contributed by atoms with Crippen LogP contribution in [0.5, 0.6) is 0 Å². The molecule has 1 aromatic heterocycles. The molecule has 1 amide bonds. The number of carbonyl (C=O) groups is 2. The van der Waals surface area contributed by atoms with Crippen molar-refractivity contribution >= 4 is 29.1 Å². The highest BCUT2D eigenvalue weighted by Gasteiger charge is 2.13. The van der Waals surface area contributed by atoms with Crippen LogP contribution in [0.2, 0.25) is 0 Å². The Morgan fingerprint density at radius 1 is 1.08 bits per heavy atom. The Balaban J connectivity index is 1.67. The third-order valence-corrected chi connectivity index (χ3v) is 4.27. The summed E-state index contributed by atoms with van der Waals surface area (Å²) >= 11 is 1.22. The van der Waals surface area contributed by atoms with Crippen LogP contribution in [0.1, 0.15) is 17.3 Å². The number of amides is 1. The maximum absolute atomic E-state index is 12.2. The first-order valence-corrected chi connectivity index (χ1v) is 8.50. The second-order valence-corrected chi connectivity index (χ2v) is 6.09. The highest BCUT2D eigenvalue weighted by Crippen LogP contribution is 2.20. The number of ketones is 1. The van der Waals surface area contributed by atoms with Gasteiger partial charge in [-0.3, -0.25) is 9.59 Å². The first-order valence-electron chi connectivity index (χ1n) is 7.51. The Hall–Kier alpha value is -3.00. The molecule has 0 spiro atoms. The molecule has 8 heteroatoms. The molecule has 0 bridgehead atoms. The number of hydrogen-bond donors (Lipinski definition) is 1. The van der Waals surface area contributed by atoms with Crippen molar-refractivity contribution in [2.75, 3.05) is 11.1 Å². The fourth-order valence-corrected chi connectivity index (χ4v) is 2.91. The number of tetrazole rings is 1. The standard InChI is InChI=1S/C17H15N5O2S/c1-12(23)14-9-5-6-10-15(14)18-16(24)11-25-17-19-20-21-22(17)13-7-3-2-4-8-13/h2-10H,11H2,1H3,(H,18,24). The largest absolute Gasteiger partial charge is 0.325 e. The number of hydrogen-bond acceptors (Lipinski definition) is 6. The lowest BCUT2D eigenvalue weighted by molar-refractivity contribution is -0.113. The monoisotopic (exact) mass is 353 g/mol. The average molecular weight is 353 g/mol. The summed E-state index contributed by atoms with van der Waals surface area (Å²) in [5.41, 5.74) is 1.80. The number of nitrogens with zero attached hydrogens (tertiary/aromatic N) is 4. The molecule has 126 valence electrons. The van der Waals surface area contributed by atoms with E-state index in [2.05, 4.69) is 20.8 Å². The predicted octanol–water partition coefficient (Wildman–Crippen LogP) is 2.60. The van der Waals surface area contributed by atoms with Crippen LogP contribution in [0.25, 0.3) is 5.69 Å². The lowest BCUT2D eigenvalue weighted by Gasteiger charge is -2.08. The van der Waals surface area contributed by atoms with Crippen LogP contribution in [0.15, 0.2) is 59.8 Å². The summed E-state index contributed by atoms with van der Waals surface area (Å²) in [7, 11) is 0. The molecule has 0 radical (unpaired) electrons. The predicted molar refractivity (Wildman–Crippen MR) is 95.0 cm³/mol. The molecule has 0 saturated heterocycles. The lowest BCUT2D eigenvalue weighted by Crippen LogP contribution is -2.16. The third kappa shape index (κ3) is 4.10. The van der Waals surface area contributed by atoms with Gasteiger partial charge in [0.25, 0.3) is 0 Å². The summed E-state index contributed by atoms with van der Waals surface area (Å²) in [6.07, 6.45) is 0. The summed E-state index contributed by atoms with van der Waals surface area (Å²) in [5, 5.41) is 14.8. The summed E-state index contributed by atoms with van der Waals surface area (Å²) in [6.45, 7) is 1.47. The Kier molecular flexibility index (Phi) is 5.20. The van der Waals surface area contributed by atoms with Gasteiger partial charge in [0.15, 0.2) is 5.78 Å². The maximum atomic E-state index is 12.2. The highest BCUT2D eigenvalue weighted by atomic mass is 32.2. The van der Waals surface area contributed by atoms with Gasteiger partial charge in [-0.2, -0.15) is 4.68 Å². The van der Waals surface area contributed by atoms with E-state index in [0.29, 0.717) is 16.4 Å². The van der Waals surface area contributed by atoms with Gasteiger partial charge in [-0.1, -0.05) is 42.1 Å². The quantitative estimate of drug-likeness (QED) is 0.541. The van der Waals surface area contributed by atoms with Crippen LogP contribution in [0, 0.1) is 0 Å². The van der Waals surface area contributed by atoms with Crippen molar-refractivity contribution in [3.63, 3.8) is 0 Å². The molecule has 0 fully saturated rings. The number of benzene rings is 2. The molecule has 0 aliphatic heterocycles. The van der Waals surface area contributed by atoms with Gasteiger partial charge in [-0.25, -0.2) is 0 Å². The zero-order valence-corrected chi connectivity index (χ0v) is 14.2. The van der Waals surface area contributed by atoms with Crippen LogP contribution in [0.4, 0.5) is 5.69 Å². The Morgan fingerprint density at radius 3 is 2.56 bits per heavy atom. The molecule has 3 rings (SSSR count). The molecular weight excluding hydrogens is 338 g/mol. The third-order valence-electron chi connectivity index (χ3n) is 3.35. The van der Waals surface area contributed by atoms with Crippen molar-refractivity contribution in [1.29, 1.82) is 0 Å². The van der Waals surface area contributed by atoms with E-state index in [1.165, 1.54) is 18.7 Å². The molecule has 2 aromatic carbocycles. The van der Waals surface area contributed by atoms with E-state index in [4.69, 9.17) is 0 Å². The minimum atomic E-state index is -0.235. The van der Waals surface area contributed by atoms with Gasteiger partial charge in [-0.05, 0) is 41.6 Å². The van der Waals surface area contributed by atoms with Crippen molar-refractivity contribution in [2.45, 2.75) is 12.1 Å². The minimum absolute atomic E-state index is 0.100. The number of aromatic nitrogens is 4. The van der Waals surface area contributed by atoms with Gasteiger partial charge >= 0.3 is 0 Å². The van der Waals surface area contributed by atoms with Crippen molar-refractivity contribution in [3.8, 4) is 5.69 Å². The molecular formula is C17H15N5O2S. The maximum Gasteiger partial charge on any atom is 0.234 e. The van der Waals surface area contributed by atoms with Crippen LogP contribution < -0.4 is 5.32 Å². The van der Waals surface area contributed by atoms with Crippen molar-refractivity contribution in [3.05, 3.63) is 60.2 Å². The molecule has 3 aromatic rings. The molecule has 0 saturated carbocycles. The fraction of sp³-hybridized carbons (Fsp3) is 0.118. The second-order valence-electron chi connectivity index (χ2n) is 5.15. The molecule has 7 nitrogen and oxygen atoms in total. The first-order chi connectivity index (χ1) is 12.1. The van der Waals surface area contributed by atoms with E-state index >= 15 is 0 Å². The molecule has 0 aliphatic carbocycles. The molecule has 0 unspecified atom stereocenters. The molecule has 1 heterocycles. The fourth-order valence-electron chi connectivity index (χ4n) is 2.22. The summed E-state index contributed by atoms with van der Waals surface area (Å²) in [5.74, 6) is -0.211. The topological polar surface area (TPSA) is 89.8 Å². The van der Waals surface area contributed by atoms with Gasteiger partial charge in [0, 0.05) is 5.56 Å². The number of Topliss-reactive ketones (excluding diaryl/α,β-unsaturated/α-hetero) is 1. The second kappa shape index (κ2) is 7.71. The summed E-state index contributed by atoms with van der Waals surface area (Å²) in [6, 6.07) is 16.3. The molecule has 0 aliphatic rings. The van der Waals surface area contributed by atoms with E-state index in [-0.39, 0.29) is 17.4 Å². The molecule has 0 atom stereocenters. The van der Waals surface area contributed by atoms with E-state index in [9.17, 15) is 9.59 Å². The minimum Gasteiger partial charge on any atom is -0.325 e. The van der Waals surface area contributed by atoms with Gasteiger partial charge in [-0.15, -0.1) is 5.10 Å². The van der Waals surface area contributed by atoms with Gasteiger partial charge in [0.2, 0.25) is 11.1 Å². The van der Waals surface area contributed by atoms with Crippen molar-refractivity contribution in [2.24, 2.45) is 0 Å². The summed E-state index contributed by atoms with van der Waals surface area (Å²) in [4.78, 5) is 23.8. The number of rotatable bonds is 6. The van der Waals surface area contributed by atoms with Crippen LogP contribution in [-0.2, 0) is 4.79 Å². The van der Waals surface area contributed by atoms with Crippen LogP contribution in [-0.4, -0.2) is 37.7 Å². The Labute approximate surface area is 148 Å². The average Bonchev–Trinajstić information content (AvgIpc) is 3.09. The van der Waals surface area contributed by atoms with Gasteiger partial charge in [0.05, 0.1) is 17.1 Å². The zero-order chi connectivity index (χ0) is 17.6. The Morgan fingerprint density at radius 2 is 1.80 bits per heavy atom. The first kappa shape index (κ1) is 16.8. The van der Waals surface area contributed by atoms with Gasteiger partial charge < -0.3 is 5.32 Å². The number of para-hydroxylation sites is 2. The number of anilines is 1. The van der Waals surface area contributed by atoms with Crippen LogP contribution >= 0.6 is 11.8 Å². The smallest absolute Gasteiger partial charge is 0.234 e. The number of thioether (sulfide) groups is 1.